The van der Waals surface area contributed by atoms with Gasteiger partial charge in [-0.3, -0.25) is 9.59 Å². The summed E-state index contributed by atoms with van der Waals surface area (Å²) in [4.78, 5) is 26.8. The number of aromatic nitrogens is 1. The van der Waals surface area contributed by atoms with Gasteiger partial charge in [-0.25, -0.2) is 0 Å². The molecule has 2 aromatic rings. The van der Waals surface area contributed by atoms with Gasteiger partial charge in [0, 0.05) is 42.1 Å². The van der Waals surface area contributed by atoms with Crippen LogP contribution in [0.4, 0.5) is 0 Å². The number of piperidine rings is 1. The molecule has 0 spiro atoms. The molecule has 4 rings (SSSR count). The third kappa shape index (κ3) is 2.44. The molecule has 24 heavy (non-hydrogen) atoms. The van der Waals surface area contributed by atoms with Gasteiger partial charge in [0.05, 0.1) is 11.6 Å². The number of rotatable bonds is 2. The molecule has 2 aliphatic rings. The summed E-state index contributed by atoms with van der Waals surface area (Å²) in [6.07, 6.45) is 1.77. The molecule has 1 aliphatic carbocycles. The fourth-order valence-electron chi connectivity index (χ4n) is 4.30. The maximum absolute atomic E-state index is 12.8. The normalized spacial score (nSPS) is 26.1. The lowest BCUT2D eigenvalue weighted by atomic mass is 9.95. The van der Waals surface area contributed by atoms with Crippen LogP contribution >= 0.6 is 0 Å². The van der Waals surface area contributed by atoms with Crippen LogP contribution in [0.3, 0.4) is 0 Å². The van der Waals surface area contributed by atoms with Crippen molar-refractivity contribution in [3.63, 3.8) is 0 Å². The Labute approximate surface area is 140 Å². The first-order valence-electron chi connectivity index (χ1n) is 8.59. The summed E-state index contributed by atoms with van der Waals surface area (Å²) < 4.78 is 1.92. The van der Waals surface area contributed by atoms with Gasteiger partial charge in [0.25, 0.3) is 0 Å². The molecule has 1 amide bonds. The Morgan fingerprint density at radius 1 is 1.21 bits per heavy atom. The van der Waals surface area contributed by atoms with Crippen LogP contribution < -0.4 is 5.43 Å². The fraction of sp³-hybridized carbons (Fsp3) is 0.474. The van der Waals surface area contributed by atoms with E-state index in [1.54, 1.807) is 12.1 Å². The summed E-state index contributed by atoms with van der Waals surface area (Å²) in [5.41, 5.74) is 1.59. The minimum atomic E-state index is -0.246. The SMILES string of the molecule is Cc1cc(=O)c2ccccc2n1CC(=O)N1C[C@H]2CC[C@@H](C1)C2O. The Balaban J connectivity index is 1.63. The van der Waals surface area contributed by atoms with Crippen molar-refractivity contribution in [2.45, 2.75) is 32.4 Å². The maximum atomic E-state index is 12.8. The molecule has 2 bridgehead atoms. The molecular formula is C19H22N2O3. The van der Waals surface area contributed by atoms with Gasteiger partial charge in [0.2, 0.25) is 5.91 Å². The Morgan fingerprint density at radius 3 is 2.58 bits per heavy atom. The minimum Gasteiger partial charge on any atom is -0.392 e. The fourth-order valence-corrected chi connectivity index (χ4v) is 4.30. The second kappa shape index (κ2) is 5.74. The second-order valence-corrected chi connectivity index (χ2v) is 7.14. The number of hydrogen-bond donors (Lipinski definition) is 1. The third-order valence-corrected chi connectivity index (χ3v) is 5.66. The average molecular weight is 326 g/mol. The van der Waals surface area contributed by atoms with Crippen molar-refractivity contribution >= 4 is 16.8 Å². The zero-order valence-electron chi connectivity index (χ0n) is 13.8. The van der Waals surface area contributed by atoms with E-state index in [-0.39, 0.29) is 35.8 Å². The average Bonchev–Trinajstić information content (AvgIpc) is 2.79. The van der Waals surface area contributed by atoms with Crippen molar-refractivity contribution in [1.82, 2.24) is 9.47 Å². The molecule has 1 aromatic carbocycles. The van der Waals surface area contributed by atoms with Gasteiger partial charge in [-0.2, -0.15) is 0 Å². The number of aryl methyl sites for hydroxylation is 1. The van der Waals surface area contributed by atoms with Gasteiger partial charge in [-0.1, -0.05) is 12.1 Å². The molecule has 2 heterocycles. The van der Waals surface area contributed by atoms with Crippen LogP contribution in [0, 0.1) is 18.8 Å². The van der Waals surface area contributed by atoms with Crippen molar-refractivity contribution in [2.75, 3.05) is 13.1 Å². The van der Waals surface area contributed by atoms with E-state index in [0.29, 0.717) is 18.5 Å². The Kier molecular flexibility index (Phi) is 3.68. The molecule has 5 nitrogen and oxygen atoms in total. The van der Waals surface area contributed by atoms with Crippen LogP contribution in [-0.4, -0.2) is 39.7 Å². The van der Waals surface area contributed by atoms with E-state index in [1.165, 1.54) is 0 Å². The van der Waals surface area contributed by atoms with E-state index in [2.05, 4.69) is 0 Å². The van der Waals surface area contributed by atoms with Gasteiger partial charge in [-0.05, 0) is 31.9 Å². The number of pyridine rings is 1. The van der Waals surface area contributed by atoms with Gasteiger partial charge in [0.1, 0.15) is 6.54 Å². The van der Waals surface area contributed by atoms with Crippen LogP contribution in [0.25, 0.3) is 10.9 Å². The maximum Gasteiger partial charge on any atom is 0.242 e. The Hall–Kier alpha value is -2.14. The van der Waals surface area contributed by atoms with Gasteiger partial charge in [-0.15, -0.1) is 0 Å². The highest BCUT2D eigenvalue weighted by Crippen LogP contribution is 2.36. The number of likely N-dealkylation sites (tertiary alicyclic amines) is 1. The van der Waals surface area contributed by atoms with Crippen molar-refractivity contribution < 1.29 is 9.90 Å². The number of aliphatic hydroxyl groups is 1. The topological polar surface area (TPSA) is 62.5 Å². The quantitative estimate of drug-likeness (QED) is 0.910. The minimum absolute atomic E-state index is 0.00839. The smallest absolute Gasteiger partial charge is 0.242 e. The lowest BCUT2D eigenvalue weighted by Crippen LogP contribution is -2.48. The largest absolute Gasteiger partial charge is 0.392 e. The van der Waals surface area contributed by atoms with Crippen molar-refractivity contribution in [1.29, 1.82) is 0 Å². The number of carbonyl (C=O) groups is 1. The predicted octanol–water partition coefficient (Wildman–Crippen LogP) is 1.54. The Bertz CT molecular complexity index is 843. The molecule has 1 aromatic heterocycles. The first-order chi connectivity index (χ1) is 11.5. The summed E-state index contributed by atoms with van der Waals surface area (Å²) in [6.45, 7) is 3.40. The molecule has 1 aliphatic heterocycles. The molecule has 1 saturated carbocycles. The lowest BCUT2D eigenvalue weighted by Gasteiger charge is -2.35. The Morgan fingerprint density at radius 2 is 1.88 bits per heavy atom. The summed E-state index contributed by atoms with van der Waals surface area (Å²) in [5.74, 6) is 0.509. The number of amides is 1. The van der Waals surface area contributed by atoms with E-state index < -0.39 is 0 Å². The molecule has 1 N–H and O–H groups in total. The van der Waals surface area contributed by atoms with Crippen molar-refractivity contribution in [2.24, 2.45) is 11.8 Å². The number of hydrogen-bond acceptors (Lipinski definition) is 3. The van der Waals surface area contributed by atoms with Crippen LogP contribution in [0.5, 0.6) is 0 Å². The van der Waals surface area contributed by atoms with Crippen molar-refractivity contribution in [3.05, 3.63) is 46.2 Å². The van der Waals surface area contributed by atoms with Crippen LogP contribution in [0.2, 0.25) is 0 Å². The summed E-state index contributed by atoms with van der Waals surface area (Å²) in [6, 6.07) is 9.02. The van der Waals surface area contributed by atoms with E-state index in [1.807, 2.05) is 34.6 Å². The van der Waals surface area contributed by atoms with E-state index in [4.69, 9.17) is 0 Å². The van der Waals surface area contributed by atoms with E-state index in [0.717, 1.165) is 24.1 Å². The molecule has 5 heteroatoms. The number of carbonyl (C=O) groups excluding carboxylic acids is 1. The molecule has 1 saturated heterocycles. The van der Waals surface area contributed by atoms with Gasteiger partial charge in [0.15, 0.2) is 5.43 Å². The van der Waals surface area contributed by atoms with E-state index in [9.17, 15) is 14.7 Å². The molecule has 126 valence electrons. The molecule has 1 unspecified atom stereocenters. The number of nitrogens with zero attached hydrogens (tertiary/aromatic N) is 2. The number of fused-ring (bicyclic) bond motifs is 3. The van der Waals surface area contributed by atoms with E-state index >= 15 is 0 Å². The van der Waals surface area contributed by atoms with Gasteiger partial charge >= 0.3 is 0 Å². The molecule has 2 fully saturated rings. The van der Waals surface area contributed by atoms with Crippen LogP contribution in [0.15, 0.2) is 35.1 Å². The second-order valence-electron chi connectivity index (χ2n) is 7.14. The number of benzene rings is 1. The summed E-state index contributed by atoms with van der Waals surface area (Å²) in [5, 5.41) is 10.8. The van der Waals surface area contributed by atoms with Crippen molar-refractivity contribution in [3.8, 4) is 0 Å². The highest BCUT2D eigenvalue weighted by Gasteiger charge is 2.42. The zero-order valence-corrected chi connectivity index (χ0v) is 13.8. The van der Waals surface area contributed by atoms with Crippen LogP contribution in [0.1, 0.15) is 18.5 Å². The molecule has 3 atom stereocenters. The predicted molar refractivity (Wildman–Crippen MR) is 91.7 cm³/mol. The van der Waals surface area contributed by atoms with Gasteiger partial charge < -0.3 is 14.6 Å². The lowest BCUT2D eigenvalue weighted by molar-refractivity contribution is -0.136. The number of aliphatic hydroxyl groups excluding tert-OH is 1. The highest BCUT2D eigenvalue weighted by atomic mass is 16.3. The first-order valence-corrected chi connectivity index (χ1v) is 8.59. The first kappa shape index (κ1) is 15.4. The molecule has 0 radical (unpaired) electrons. The summed E-state index contributed by atoms with van der Waals surface area (Å²) in [7, 11) is 0. The van der Waals surface area contributed by atoms with Crippen LogP contribution in [-0.2, 0) is 11.3 Å². The third-order valence-electron chi connectivity index (χ3n) is 5.66. The monoisotopic (exact) mass is 326 g/mol. The highest BCUT2D eigenvalue weighted by molar-refractivity contribution is 5.82. The zero-order chi connectivity index (χ0) is 16.8. The standard InChI is InChI=1S/C19H22N2O3/c1-12-8-17(22)15-4-2-3-5-16(15)21(12)11-18(23)20-9-13-6-7-14(10-20)19(13)24/h2-5,8,13-14,19,24H,6-7,9-11H2,1H3/t13-,14+,19?. The summed E-state index contributed by atoms with van der Waals surface area (Å²) >= 11 is 0. The molecular weight excluding hydrogens is 304 g/mol. The number of para-hydroxylation sites is 1.